The van der Waals surface area contributed by atoms with Gasteiger partial charge in [0.15, 0.2) is 0 Å². The summed E-state index contributed by atoms with van der Waals surface area (Å²) in [6, 6.07) is 7.91. The van der Waals surface area contributed by atoms with Gasteiger partial charge in [-0.3, -0.25) is 4.79 Å². The normalized spacial score (nSPS) is 15.6. The van der Waals surface area contributed by atoms with Crippen LogP contribution >= 0.6 is 0 Å². The lowest BCUT2D eigenvalue weighted by Crippen LogP contribution is -2.43. The summed E-state index contributed by atoms with van der Waals surface area (Å²) in [6.07, 6.45) is 1.04. The van der Waals surface area contributed by atoms with Gasteiger partial charge in [-0.2, -0.15) is 4.31 Å². The molecule has 7 heteroatoms. The van der Waals surface area contributed by atoms with Gasteiger partial charge in [0, 0.05) is 25.6 Å². The van der Waals surface area contributed by atoms with Crippen molar-refractivity contribution < 1.29 is 17.9 Å². The van der Waals surface area contributed by atoms with Crippen LogP contribution in [0.3, 0.4) is 0 Å². The highest BCUT2D eigenvalue weighted by Crippen LogP contribution is 2.31. The minimum atomic E-state index is -3.60. The van der Waals surface area contributed by atoms with Crippen LogP contribution in [-0.4, -0.2) is 38.8 Å². The van der Waals surface area contributed by atoms with Crippen molar-refractivity contribution in [3.05, 3.63) is 57.6 Å². The molecule has 1 fully saturated rings. The molecule has 2 aromatic rings. The molecule has 1 heterocycles. The molecule has 0 saturated carbocycles. The van der Waals surface area contributed by atoms with E-state index in [1.807, 2.05) is 58.9 Å². The third kappa shape index (κ3) is 4.84. The first-order chi connectivity index (χ1) is 15.1. The summed E-state index contributed by atoms with van der Waals surface area (Å²) in [5, 5.41) is 3.00. The second-order valence-electron chi connectivity index (χ2n) is 8.79. The standard InChI is InChI=1S/C25H34N2O4S/c1-16-7-8-21(14-23(16)31-6)15-26-25(28)22-9-11-27(12-10-22)32(29,30)24-19(4)17(2)13-18(3)20(24)5/h7-8,13-14,22H,9-12,15H2,1-6H3,(H,26,28). The summed E-state index contributed by atoms with van der Waals surface area (Å²) in [5.41, 5.74) is 5.59. The van der Waals surface area contributed by atoms with E-state index in [1.54, 1.807) is 7.11 Å². The predicted octanol–water partition coefficient (Wildman–Crippen LogP) is 3.95. The van der Waals surface area contributed by atoms with Gasteiger partial charge in [0.1, 0.15) is 5.75 Å². The van der Waals surface area contributed by atoms with E-state index >= 15 is 0 Å². The van der Waals surface area contributed by atoms with Crippen LogP contribution in [0.5, 0.6) is 5.75 Å². The Balaban J connectivity index is 1.64. The van der Waals surface area contributed by atoms with E-state index < -0.39 is 10.0 Å². The van der Waals surface area contributed by atoms with Gasteiger partial charge in [-0.1, -0.05) is 18.2 Å². The van der Waals surface area contributed by atoms with Crippen LogP contribution in [0, 0.1) is 40.5 Å². The molecule has 1 N–H and O–H groups in total. The SMILES string of the molecule is COc1cc(CNC(=O)C2CCN(S(=O)(=O)c3c(C)c(C)cc(C)c3C)CC2)ccc1C. The Bertz CT molecular complexity index is 1090. The molecule has 1 amide bonds. The van der Waals surface area contributed by atoms with Crippen molar-refractivity contribution in [1.82, 2.24) is 9.62 Å². The van der Waals surface area contributed by atoms with Crippen LogP contribution in [0.2, 0.25) is 0 Å². The summed E-state index contributed by atoms with van der Waals surface area (Å²) in [6.45, 7) is 10.7. The first-order valence-electron chi connectivity index (χ1n) is 11.0. The quantitative estimate of drug-likeness (QED) is 0.711. The third-order valence-electron chi connectivity index (χ3n) is 6.66. The number of nitrogens with zero attached hydrogens (tertiary/aromatic N) is 1. The Labute approximate surface area is 192 Å². The topological polar surface area (TPSA) is 75.7 Å². The lowest BCUT2D eigenvalue weighted by Gasteiger charge is -2.32. The average Bonchev–Trinajstić information content (AvgIpc) is 2.77. The van der Waals surface area contributed by atoms with Gasteiger partial charge in [0.2, 0.25) is 15.9 Å². The molecular formula is C25H34N2O4S. The number of rotatable bonds is 6. The van der Waals surface area contributed by atoms with Gasteiger partial charge < -0.3 is 10.1 Å². The highest BCUT2D eigenvalue weighted by atomic mass is 32.2. The van der Waals surface area contributed by atoms with Crippen LogP contribution in [0.4, 0.5) is 0 Å². The number of aryl methyl sites for hydroxylation is 3. The number of carbonyl (C=O) groups is 1. The van der Waals surface area contributed by atoms with E-state index in [9.17, 15) is 13.2 Å². The van der Waals surface area contributed by atoms with E-state index in [2.05, 4.69) is 5.32 Å². The third-order valence-corrected chi connectivity index (χ3v) is 8.83. The molecule has 32 heavy (non-hydrogen) atoms. The molecule has 2 aromatic carbocycles. The number of methoxy groups -OCH3 is 1. The summed E-state index contributed by atoms with van der Waals surface area (Å²) in [5.74, 6) is 0.586. The Morgan fingerprint density at radius 2 is 1.59 bits per heavy atom. The molecular weight excluding hydrogens is 424 g/mol. The fourth-order valence-electron chi connectivity index (χ4n) is 4.36. The number of sulfonamides is 1. The van der Waals surface area contributed by atoms with Crippen LogP contribution < -0.4 is 10.1 Å². The van der Waals surface area contributed by atoms with E-state index in [1.165, 1.54) is 4.31 Å². The molecule has 1 aliphatic rings. The number of piperidine rings is 1. The maximum atomic E-state index is 13.4. The fraction of sp³-hybridized carbons (Fsp3) is 0.480. The van der Waals surface area contributed by atoms with E-state index in [0.717, 1.165) is 39.1 Å². The lowest BCUT2D eigenvalue weighted by atomic mass is 9.97. The summed E-state index contributed by atoms with van der Waals surface area (Å²) in [4.78, 5) is 13.1. The molecule has 0 bridgehead atoms. The molecule has 174 valence electrons. The lowest BCUT2D eigenvalue weighted by molar-refractivity contribution is -0.126. The molecule has 0 spiro atoms. The van der Waals surface area contributed by atoms with Crippen LogP contribution in [0.15, 0.2) is 29.2 Å². The first kappa shape index (κ1) is 24.3. The molecule has 6 nitrogen and oxygen atoms in total. The minimum absolute atomic E-state index is 0.0275. The number of ether oxygens (including phenoxy) is 1. The molecule has 0 atom stereocenters. The van der Waals surface area contributed by atoms with Gasteiger partial charge >= 0.3 is 0 Å². The maximum absolute atomic E-state index is 13.4. The van der Waals surface area contributed by atoms with E-state index in [4.69, 9.17) is 4.74 Å². The molecule has 0 aliphatic carbocycles. The number of carbonyl (C=O) groups excluding carboxylic acids is 1. The van der Waals surface area contributed by atoms with Crippen LogP contribution in [0.1, 0.15) is 46.2 Å². The maximum Gasteiger partial charge on any atom is 0.243 e. The van der Waals surface area contributed by atoms with Crippen molar-refractivity contribution in [3.63, 3.8) is 0 Å². The highest BCUT2D eigenvalue weighted by Gasteiger charge is 2.34. The number of amides is 1. The summed E-state index contributed by atoms with van der Waals surface area (Å²) >= 11 is 0. The first-order valence-corrected chi connectivity index (χ1v) is 12.5. The largest absolute Gasteiger partial charge is 0.496 e. The highest BCUT2D eigenvalue weighted by molar-refractivity contribution is 7.89. The molecule has 0 unspecified atom stereocenters. The Morgan fingerprint density at radius 3 is 2.16 bits per heavy atom. The van der Waals surface area contributed by atoms with Crippen molar-refractivity contribution in [2.75, 3.05) is 20.2 Å². The number of hydrogen-bond donors (Lipinski definition) is 1. The number of hydrogen-bond acceptors (Lipinski definition) is 4. The van der Waals surface area contributed by atoms with Gasteiger partial charge in [-0.15, -0.1) is 0 Å². The van der Waals surface area contributed by atoms with Gasteiger partial charge in [0.25, 0.3) is 0 Å². The molecule has 1 aliphatic heterocycles. The molecule has 1 saturated heterocycles. The summed E-state index contributed by atoms with van der Waals surface area (Å²) < 4.78 is 33.7. The molecule has 0 aromatic heterocycles. The zero-order valence-corrected chi connectivity index (χ0v) is 20.7. The minimum Gasteiger partial charge on any atom is -0.496 e. The Hall–Kier alpha value is -2.38. The van der Waals surface area contributed by atoms with Crippen molar-refractivity contribution in [2.24, 2.45) is 5.92 Å². The summed E-state index contributed by atoms with van der Waals surface area (Å²) in [7, 11) is -1.96. The monoisotopic (exact) mass is 458 g/mol. The van der Waals surface area contributed by atoms with Crippen molar-refractivity contribution in [1.29, 1.82) is 0 Å². The smallest absolute Gasteiger partial charge is 0.243 e. The van der Waals surface area contributed by atoms with Gasteiger partial charge in [-0.25, -0.2) is 8.42 Å². The van der Waals surface area contributed by atoms with Gasteiger partial charge in [-0.05, 0) is 86.9 Å². The zero-order valence-electron chi connectivity index (χ0n) is 19.9. The Kier molecular flexibility index (Phi) is 7.30. The van der Waals surface area contributed by atoms with Crippen LogP contribution in [0.25, 0.3) is 0 Å². The molecule has 0 radical (unpaired) electrons. The number of benzene rings is 2. The van der Waals surface area contributed by atoms with Crippen molar-refractivity contribution in [2.45, 2.75) is 58.9 Å². The van der Waals surface area contributed by atoms with Gasteiger partial charge in [0.05, 0.1) is 12.0 Å². The molecule has 3 rings (SSSR count). The predicted molar refractivity (Wildman–Crippen MR) is 126 cm³/mol. The van der Waals surface area contributed by atoms with Crippen molar-refractivity contribution in [3.8, 4) is 5.75 Å². The second kappa shape index (κ2) is 9.63. The van der Waals surface area contributed by atoms with Crippen molar-refractivity contribution >= 4 is 15.9 Å². The van der Waals surface area contributed by atoms with E-state index in [-0.39, 0.29) is 11.8 Å². The van der Waals surface area contributed by atoms with Crippen LogP contribution in [-0.2, 0) is 21.4 Å². The number of nitrogens with one attached hydrogen (secondary N) is 1. The van der Waals surface area contributed by atoms with E-state index in [0.29, 0.717) is 37.4 Å². The zero-order chi connectivity index (χ0) is 23.6. The average molecular weight is 459 g/mol. The fourth-order valence-corrected chi connectivity index (χ4v) is 6.41. The second-order valence-corrected chi connectivity index (χ2v) is 10.7. The Morgan fingerprint density at radius 1 is 1.00 bits per heavy atom.